The number of carboxylic acids is 1. The number of urea groups is 1. The smallest absolute Gasteiger partial charge is 0.326 e. The standard InChI is InChI=1S/C30H31ClN6O6/c1-30(2,3)43-23-14-18(22(38)15-25(40)41)6-9-20(23)28-34-26(21-10-11-33-35-21)27(17-4-7-19(31)8-5-17)37(28)29(42)36-13-12-32-24(39)16-36/h4-11,14,26-27H,12-13,15-16H2,1-3H3,(H,32,39)(H,33,35)(H,40,41)/t26-,27+/m0/s1. The molecule has 0 aliphatic carbocycles. The zero-order chi connectivity index (χ0) is 30.9. The lowest BCUT2D eigenvalue weighted by atomic mass is 9.97. The lowest BCUT2D eigenvalue weighted by molar-refractivity contribution is -0.136. The van der Waals surface area contributed by atoms with Gasteiger partial charge in [0.2, 0.25) is 5.91 Å². The molecule has 0 bridgehead atoms. The number of aliphatic carboxylic acids is 1. The molecule has 1 saturated heterocycles. The van der Waals surface area contributed by atoms with Gasteiger partial charge in [0.15, 0.2) is 5.78 Å². The first-order valence-corrected chi connectivity index (χ1v) is 14.0. The van der Waals surface area contributed by atoms with E-state index in [4.69, 9.17) is 21.3 Å². The molecule has 43 heavy (non-hydrogen) atoms. The quantitative estimate of drug-likeness (QED) is 0.271. The Bertz CT molecular complexity index is 1580. The van der Waals surface area contributed by atoms with Gasteiger partial charge in [0.25, 0.3) is 0 Å². The Morgan fingerprint density at radius 3 is 2.49 bits per heavy atom. The van der Waals surface area contributed by atoms with Crippen LogP contribution in [0.4, 0.5) is 4.79 Å². The van der Waals surface area contributed by atoms with Crippen LogP contribution in [0.1, 0.15) is 66.5 Å². The summed E-state index contributed by atoms with van der Waals surface area (Å²) in [4.78, 5) is 58.6. The van der Waals surface area contributed by atoms with Gasteiger partial charge in [-0.25, -0.2) is 4.79 Å². The van der Waals surface area contributed by atoms with E-state index < -0.39 is 41.9 Å². The summed E-state index contributed by atoms with van der Waals surface area (Å²) in [6.07, 6.45) is 0.914. The van der Waals surface area contributed by atoms with Crippen molar-refractivity contribution in [3.63, 3.8) is 0 Å². The number of aromatic amines is 1. The van der Waals surface area contributed by atoms with E-state index in [1.54, 1.807) is 30.5 Å². The molecular formula is C30H31ClN6O6. The molecule has 1 fully saturated rings. The molecule has 0 unspecified atom stereocenters. The molecule has 3 N–H and O–H groups in total. The fraction of sp³-hybridized carbons (Fsp3) is 0.333. The van der Waals surface area contributed by atoms with Gasteiger partial charge < -0.3 is 20.1 Å². The number of ketones is 1. The first-order valence-electron chi connectivity index (χ1n) is 13.7. The molecule has 0 radical (unpaired) electrons. The Kier molecular flexibility index (Phi) is 8.23. The van der Waals surface area contributed by atoms with Crippen LogP contribution in [-0.4, -0.2) is 79.9 Å². The van der Waals surface area contributed by atoms with Crippen molar-refractivity contribution in [1.29, 1.82) is 0 Å². The van der Waals surface area contributed by atoms with Crippen LogP contribution in [-0.2, 0) is 9.59 Å². The molecule has 0 spiro atoms. The van der Waals surface area contributed by atoms with Crippen molar-refractivity contribution in [1.82, 2.24) is 25.3 Å². The van der Waals surface area contributed by atoms with E-state index >= 15 is 0 Å². The lowest BCUT2D eigenvalue weighted by Gasteiger charge is -2.36. The van der Waals surface area contributed by atoms with E-state index in [9.17, 15) is 24.3 Å². The molecule has 5 rings (SSSR count). The summed E-state index contributed by atoms with van der Waals surface area (Å²) >= 11 is 6.21. The Balaban J connectivity index is 1.69. The van der Waals surface area contributed by atoms with Crippen LogP contribution >= 0.6 is 11.6 Å². The number of carbonyl (C=O) groups is 4. The van der Waals surface area contributed by atoms with Crippen molar-refractivity contribution >= 4 is 41.1 Å². The third-order valence-electron chi connectivity index (χ3n) is 6.91. The van der Waals surface area contributed by atoms with E-state index in [-0.39, 0.29) is 29.6 Å². The van der Waals surface area contributed by atoms with Gasteiger partial charge in [-0.15, -0.1) is 0 Å². The van der Waals surface area contributed by atoms with Crippen molar-refractivity contribution < 1.29 is 29.0 Å². The molecule has 3 aromatic rings. The van der Waals surface area contributed by atoms with E-state index in [2.05, 4.69) is 15.5 Å². The molecule has 3 amide bonds. The number of carboxylic acid groups (broad SMARTS) is 1. The van der Waals surface area contributed by atoms with E-state index in [0.29, 0.717) is 29.4 Å². The largest absolute Gasteiger partial charge is 0.487 e. The van der Waals surface area contributed by atoms with Crippen LogP contribution in [0.2, 0.25) is 5.02 Å². The number of carbonyl (C=O) groups excluding carboxylic acids is 3. The van der Waals surface area contributed by atoms with Crippen molar-refractivity contribution in [3.05, 3.63) is 82.1 Å². The molecule has 12 nitrogen and oxygen atoms in total. The molecular weight excluding hydrogens is 576 g/mol. The molecule has 224 valence electrons. The number of nitrogens with zero attached hydrogens (tertiary/aromatic N) is 4. The van der Waals surface area contributed by atoms with Crippen molar-refractivity contribution in [2.75, 3.05) is 19.6 Å². The maximum Gasteiger partial charge on any atom is 0.326 e. The third-order valence-corrected chi connectivity index (χ3v) is 7.16. The number of piperazine rings is 1. The second-order valence-electron chi connectivity index (χ2n) is 11.2. The summed E-state index contributed by atoms with van der Waals surface area (Å²) in [6.45, 7) is 5.97. The van der Waals surface area contributed by atoms with Crippen molar-refractivity contribution in [2.45, 2.75) is 44.9 Å². The number of rotatable bonds is 7. The summed E-state index contributed by atoms with van der Waals surface area (Å²) in [5.41, 5.74) is 1.23. The number of Topliss-reactive ketones (excluding diaryl/α,β-unsaturated/α-hetero) is 1. The van der Waals surface area contributed by atoms with Gasteiger partial charge in [0.1, 0.15) is 36.2 Å². The number of halogens is 1. The number of aliphatic imine (C=N–C) groups is 1. The van der Waals surface area contributed by atoms with Crippen LogP contribution in [0.25, 0.3) is 0 Å². The zero-order valence-corrected chi connectivity index (χ0v) is 24.6. The van der Waals surface area contributed by atoms with Gasteiger partial charge in [0, 0.05) is 29.9 Å². The number of hydrogen-bond acceptors (Lipinski definition) is 7. The summed E-state index contributed by atoms with van der Waals surface area (Å²) in [5, 5.41) is 19.5. The molecule has 3 heterocycles. The van der Waals surface area contributed by atoms with Crippen LogP contribution in [0, 0.1) is 0 Å². The molecule has 2 atom stereocenters. The highest BCUT2D eigenvalue weighted by Gasteiger charge is 2.45. The molecule has 2 aromatic carbocycles. The van der Waals surface area contributed by atoms with Crippen LogP contribution in [0.3, 0.4) is 0 Å². The van der Waals surface area contributed by atoms with Crippen molar-refractivity contribution in [2.24, 2.45) is 4.99 Å². The number of nitrogens with one attached hydrogen (secondary N) is 2. The molecule has 2 aliphatic rings. The number of H-pyrrole nitrogens is 1. The highest BCUT2D eigenvalue weighted by atomic mass is 35.5. The first kappa shape index (κ1) is 29.8. The number of amides is 3. The normalized spacial score (nSPS) is 18.7. The van der Waals surface area contributed by atoms with Crippen LogP contribution < -0.4 is 10.1 Å². The lowest BCUT2D eigenvalue weighted by Crippen LogP contribution is -2.55. The minimum atomic E-state index is -1.25. The van der Waals surface area contributed by atoms with Gasteiger partial charge in [-0.2, -0.15) is 5.10 Å². The molecule has 13 heteroatoms. The summed E-state index contributed by atoms with van der Waals surface area (Å²) in [6, 6.07) is 11.7. The highest BCUT2D eigenvalue weighted by Crippen LogP contribution is 2.45. The summed E-state index contributed by atoms with van der Waals surface area (Å²) in [5.74, 6) is -1.61. The van der Waals surface area contributed by atoms with Gasteiger partial charge in [0.05, 0.1) is 17.3 Å². The Morgan fingerprint density at radius 2 is 1.86 bits per heavy atom. The summed E-state index contributed by atoms with van der Waals surface area (Å²) in [7, 11) is 0. The number of ether oxygens (including phenoxy) is 1. The van der Waals surface area contributed by atoms with Gasteiger partial charge in [-0.05, 0) is 56.7 Å². The SMILES string of the molecule is CC(C)(C)Oc1cc(C(=O)CC(=O)O)ccc1C1=N[C@@H](c2ccn[nH]2)[C@@H](c2ccc(Cl)cc2)N1C(=O)N1CCNC(=O)C1. The van der Waals surface area contributed by atoms with E-state index in [0.717, 1.165) is 5.56 Å². The Morgan fingerprint density at radius 1 is 1.12 bits per heavy atom. The first-order chi connectivity index (χ1) is 20.4. The number of benzene rings is 2. The highest BCUT2D eigenvalue weighted by molar-refractivity contribution is 6.30. The Labute approximate surface area is 252 Å². The zero-order valence-electron chi connectivity index (χ0n) is 23.8. The van der Waals surface area contributed by atoms with Gasteiger partial charge >= 0.3 is 12.0 Å². The molecule has 0 saturated carbocycles. The van der Waals surface area contributed by atoms with E-state index in [1.807, 2.05) is 32.9 Å². The van der Waals surface area contributed by atoms with Gasteiger partial charge in [-0.1, -0.05) is 29.8 Å². The summed E-state index contributed by atoms with van der Waals surface area (Å²) < 4.78 is 6.28. The van der Waals surface area contributed by atoms with Crippen LogP contribution in [0.5, 0.6) is 5.75 Å². The van der Waals surface area contributed by atoms with Gasteiger partial charge in [-0.3, -0.25) is 29.4 Å². The van der Waals surface area contributed by atoms with Crippen LogP contribution in [0.15, 0.2) is 59.7 Å². The van der Waals surface area contributed by atoms with E-state index in [1.165, 1.54) is 21.9 Å². The average Bonchev–Trinajstić information content (AvgIpc) is 3.60. The molecule has 1 aromatic heterocycles. The fourth-order valence-corrected chi connectivity index (χ4v) is 5.22. The predicted octanol–water partition coefficient (Wildman–Crippen LogP) is 3.99. The second kappa shape index (κ2) is 11.9. The third kappa shape index (κ3) is 6.54. The monoisotopic (exact) mass is 606 g/mol. The Hall–Kier alpha value is -4.71. The maximum atomic E-state index is 14.4. The minimum absolute atomic E-state index is 0.126. The topological polar surface area (TPSA) is 157 Å². The average molecular weight is 607 g/mol. The fourth-order valence-electron chi connectivity index (χ4n) is 5.10. The number of aromatic nitrogens is 2. The predicted molar refractivity (Wildman–Crippen MR) is 157 cm³/mol. The second-order valence-corrected chi connectivity index (χ2v) is 11.7. The number of hydrogen-bond donors (Lipinski definition) is 3. The molecule has 2 aliphatic heterocycles. The maximum absolute atomic E-state index is 14.4. The number of amidine groups is 1. The minimum Gasteiger partial charge on any atom is -0.487 e. The van der Waals surface area contributed by atoms with Crippen molar-refractivity contribution in [3.8, 4) is 5.75 Å².